The fourth-order valence-electron chi connectivity index (χ4n) is 2.30. The van der Waals surface area contributed by atoms with E-state index in [0.717, 1.165) is 34.9 Å². The number of carboxylic acid groups (broad SMARTS) is 1. The van der Waals surface area contributed by atoms with Crippen molar-refractivity contribution in [2.45, 2.75) is 39.7 Å². The van der Waals surface area contributed by atoms with Crippen LogP contribution in [-0.2, 0) is 4.79 Å². The quantitative estimate of drug-likeness (QED) is 0.809. The van der Waals surface area contributed by atoms with E-state index in [-0.39, 0.29) is 0 Å². The van der Waals surface area contributed by atoms with Crippen molar-refractivity contribution in [1.82, 2.24) is 5.32 Å². The van der Waals surface area contributed by atoms with E-state index >= 15 is 0 Å². The molecule has 0 spiro atoms. The summed E-state index contributed by atoms with van der Waals surface area (Å²) in [5, 5.41) is 13.5. The fraction of sp³-hybridized carbons (Fsp3) is 0.412. The van der Waals surface area contributed by atoms with Gasteiger partial charge in [-0.25, -0.2) is 9.79 Å². The molecule has 22 heavy (non-hydrogen) atoms. The van der Waals surface area contributed by atoms with Crippen LogP contribution in [0.5, 0.6) is 0 Å². The van der Waals surface area contributed by atoms with E-state index in [9.17, 15) is 9.90 Å². The number of hydrogen-bond acceptors (Lipinski definition) is 4. The Kier molecular flexibility index (Phi) is 5.66. The first kappa shape index (κ1) is 16.6. The molecule has 0 amide bonds. The summed E-state index contributed by atoms with van der Waals surface area (Å²) < 4.78 is 0. The zero-order chi connectivity index (χ0) is 16.1. The number of rotatable bonds is 5. The van der Waals surface area contributed by atoms with Crippen LogP contribution in [0.3, 0.4) is 0 Å². The SMILES string of the molecule is CCCCSC1=NC(c2ccc(C)cc2)C(C(=O)O)=C(C)N1. The Labute approximate surface area is 135 Å². The number of carboxylic acids is 1. The van der Waals surface area contributed by atoms with Gasteiger partial charge in [0.15, 0.2) is 5.17 Å². The van der Waals surface area contributed by atoms with Crippen LogP contribution in [0, 0.1) is 6.92 Å². The van der Waals surface area contributed by atoms with Crippen LogP contribution < -0.4 is 5.32 Å². The number of aliphatic imine (C=N–C) groups is 1. The van der Waals surface area contributed by atoms with Gasteiger partial charge in [0, 0.05) is 11.4 Å². The van der Waals surface area contributed by atoms with Crippen molar-refractivity contribution in [2.75, 3.05) is 5.75 Å². The maximum Gasteiger partial charge on any atom is 0.335 e. The maximum absolute atomic E-state index is 11.6. The van der Waals surface area contributed by atoms with E-state index < -0.39 is 12.0 Å². The van der Waals surface area contributed by atoms with Crippen LogP contribution in [0.1, 0.15) is 43.9 Å². The van der Waals surface area contributed by atoms with Gasteiger partial charge in [-0.15, -0.1) is 0 Å². The van der Waals surface area contributed by atoms with Crippen molar-refractivity contribution in [3.8, 4) is 0 Å². The minimum atomic E-state index is -0.920. The molecule has 2 rings (SSSR count). The van der Waals surface area contributed by atoms with Gasteiger partial charge in [-0.05, 0) is 25.8 Å². The average molecular weight is 318 g/mol. The summed E-state index contributed by atoms with van der Waals surface area (Å²) in [6.07, 6.45) is 2.26. The van der Waals surface area contributed by atoms with Crippen molar-refractivity contribution in [2.24, 2.45) is 4.99 Å². The third-order valence-electron chi connectivity index (χ3n) is 3.58. The standard InChI is InChI=1S/C17H22N2O2S/c1-4-5-10-22-17-18-12(3)14(16(20)21)15(19-17)13-8-6-11(2)7-9-13/h6-9,15H,4-5,10H2,1-3H3,(H,18,19)(H,20,21). The number of carbonyl (C=O) groups is 1. The van der Waals surface area contributed by atoms with Crippen LogP contribution in [0.25, 0.3) is 0 Å². The van der Waals surface area contributed by atoms with Crippen molar-refractivity contribution < 1.29 is 9.90 Å². The molecule has 0 saturated carbocycles. The normalized spacial score (nSPS) is 18.0. The van der Waals surface area contributed by atoms with E-state index in [1.54, 1.807) is 18.7 Å². The topological polar surface area (TPSA) is 61.7 Å². The lowest BCUT2D eigenvalue weighted by atomic mass is 9.96. The predicted octanol–water partition coefficient (Wildman–Crippen LogP) is 3.89. The largest absolute Gasteiger partial charge is 0.478 e. The molecule has 0 aliphatic carbocycles. The molecule has 0 radical (unpaired) electrons. The Morgan fingerprint density at radius 3 is 2.59 bits per heavy atom. The Morgan fingerprint density at radius 1 is 1.32 bits per heavy atom. The highest BCUT2D eigenvalue weighted by atomic mass is 32.2. The lowest BCUT2D eigenvalue weighted by Gasteiger charge is -2.24. The average Bonchev–Trinajstić information content (AvgIpc) is 2.47. The number of aryl methyl sites for hydroxylation is 1. The van der Waals surface area contributed by atoms with Crippen LogP contribution >= 0.6 is 11.8 Å². The molecule has 1 aliphatic rings. The van der Waals surface area contributed by atoms with Gasteiger partial charge in [0.1, 0.15) is 6.04 Å². The molecule has 0 bridgehead atoms. The molecule has 1 aromatic carbocycles. The molecule has 0 fully saturated rings. The van der Waals surface area contributed by atoms with Gasteiger partial charge in [-0.1, -0.05) is 54.9 Å². The van der Waals surface area contributed by atoms with Crippen LogP contribution in [0.15, 0.2) is 40.5 Å². The monoisotopic (exact) mass is 318 g/mol. The van der Waals surface area contributed by atoms with Crippen molar-refractivity contribution in [3.63, 3.8) is 0 Å². The Balaban J connectivity index is 2.31. The summed E-state index contributed by atoms with van der Waals surface area (Å²) in [5.74, 6) is 0.0653. The number of allylic oxidation sites excluding steroid dienone is 1. The van der Waals surface area contributed by atoms with Crippen molar-refractivity contribution in [1.29, 1.82) is 0 Å². The minimum Gasteiger partial charge on any atom is -0.478 e. The second kappa shape index (κ2) is 7.49. The van der Waals surface area contributed by atoms with Gasteiger partial charge in [0.25, 0.3) is 0 Å². The summed E-state index contributed by atoms with van der Waals surface area (Å²) in [6, 6.07) is 7.46. The summed E-state index contributed by atoms with van der Waals surface area (Å²) in [5.41, 5.74) is 3.06. The van der Waals surface area contributed by atoms with E-state index in [1.165, 1.54) is 0 Å². The Hall–Kier alpha value is -1.75. The summed E-state index contributed by atoms with van der Waals surface area (Å²) in [7, 11) is 0. The van der Waals surface area contributed by atoms with Gasteiger partial charge in [-0.3, -0.25) is 0 Å². The Morgan fingerprint density at radius 2 is 2.00 bits per heavy atom. The first-order chi connectivity index (χ1) is 10.5. The number of benzene rings is 1. The predicted molar refractivity (Wildman–Crippen MR) is 92.2 cm³/mol. The second-order valence-electron chi connectivity index (χ2n) is 5.42. The molecule has 0 aromatic heterocycles. The molecule has 1 atom stereocenters. The summed E-state index contributed by atoms with van der Waals surface area (Å²) in [4.78, 5) is 16.2. The molecule has 0 saturated heterocycles. The number of unbranched alkanes of at least 4 members (excludes halogenated alkanes) is 1. The number of thioether (sulfide) groups is 1. The molecule has 5 heteroatoms. The first-order valence-electron chi connectivity index (χ1n) is 7.51. The number of amidine groups is 1. The third kappa shape index (κ3) is 3.91. The molecule has 1 aromatic rings. The van der Waals surface area contributed by atoms with Crippen molar-refractivity contribution >= 4 is 22.9 Å². The van der Waals surface area contributed by atoms with E-state index in [1.807, 2.05) is 31.2 Å². The lowest BCUT2D eigenvalue weighted by Crippen LogP contribution is -2.29. The van der Waals surface area contributed by atoms with Gasteiger partial charge in [0.2, 0.25) is 0 Å². The lowest BCUT2D eigenvalue weighted by molar-refractivity contribution is -0.133. The molecular formula is C17H22N2O2S. The smallest absolute Gasteiger partial charge is 0.335 e. The molecule has 1 aliphatic heterocycles. The van der Waals surface area contributed by atoms with Gasteiger partial charge >= 0.3 is 5.97 Å². The summed E-state index contributed by atoms with van der Waals surface area (Å²) >= 11 is 1.65. The summed E-state index contributed by atoms with van der Waals surface area (Å²) in [6.45, 7) is 5.97. The maximum atomic E-state index is 11.6. The zero-order valence-electron chi connectivity index (χ0n) is 13.2. The number of aliphatic carboxylic acids is 1. The highest BCUT2D eigenvalue weighted by molar-refractivity contribution is 8.13. The van der Waals surface area contributed by atoms with Crippen LogP contribution in [0.2, 0.25) is 0 Å². The Bertz CT molecular complexity index is 606. The van der Waals surface area contributed by atoms with E-state index in [4.69, 9.17) is 0 Å². The molecule has 2 N–H and O–H groups in total. The molecule has 1 heterocycles. The number of nitrogens with one attached hydrogen (secondary N) is 1. The number of hydrogen-bond donors (Lipinski definition) is 2. The fourth-order valence-corrected chi connectivity index (χ4v) is 3.33. The first-order valence-corrected chi connectivity index (χ1v) is 8.49. The minimum absolute atomic E-state index is 0.323. The third-order valence-corrected chi connectivity index (χ3v) is 4.55. The van der Waals surface area contributed by atoms with Gasteiger partial charge in [-0.2, -0.15) is 0 Å². The zero-order valence-corrected chi connectivity index (χ0v) is 14.0. The van der Waals surface area contributed by atoms with E-state index in [2.05, 4.69) is 17.2 Å². The second-order valence-corrected chi connectivity index (χ2v) is 6.50. The van der Waals surface area contributed by atoms with E-state index in [0.29, 0.717) is 11.3 Å². The highest BCUT2D eigenvalue weighted by Crippen LogP contribution is 2.32. The van der Waals surface area contributed by atoms with Crippen LogP contribution in [0.4, 0.5) is 0 Å². The molecule has 118 valence electrons. The van der Waals surface area contributed by atoms with Crippen molar-refractivity contribution in [3.05, 3.63) is 46.7 Å². The van der Waals surface area contributed by atoms with Gasteiger partial charge < -0.3 is 10.4 Å². The molecule has 1 unspecified atom stereocenters. The number of nitrogens with zero attached hydrogens (tertiary/aromatic N) is 1. The molecule has 4 nitrogen and oxygen atoms in total. The van der Waals surface area contributed by atoms with Gasteiger partial charge in [0.05, 0.1) is 5.57 Å². The van der Waals surface area contributed by atoms with Crippen LogP contribution in [-0.4, -0.2) is 22.0 Å². The highest BCUT2D eigenvalue weighted by Gasteiger charge is 2.28. The molecular weight excluding hydrogens is 296 g/mol.